The zero-order valence-electron chi connectivity index (χ0n) is 12.4. The van der Waals surface area contributed by atoms with Crippen LogP contribution < -0.4 is 16.2 Å². The van der Waals surface area contributed by atoms with E-state index in [9.17, 15) is 9.59 Å². The number of aromatic nitrogens is 2. The Hall–Kier alpha value is -1.60. The van der Waals surface area contributed by atoms with Gasteiger partial charge in [0.25, 0.3) is 5.56 Å². The van der Waals surface area contributed by atoms with Crippen LogP contribution in [0.2, 0.25) is 5.02 Å². The highest BCUT2D eigenvalue weighted by molar-refractivity contribution is 6.32. The molecule has 0 radical (unpaired) electrons. The fourth-order valence-corrected chi connectivity index (χ4v) is 1.85. The Morgan fingerprint density at radius 1 is 1.48 bits per heavy atom. The molecule has 1 amide bonds. The molecule has 0 aromatic carbocycles. The van der Waals surface area contributed by atoms with Gasteiger partial charge in [-0.05, 0) is 20.8 Å². The van der Waals surface area contributed by atoms with Gasteiger partial charge in [-0.25, -0.2) is 4.68 Å². The highest BCUT2D eigenvalue weighted by Gasteiger charge is 2.14. The first-order valence-corrected chi connectivity index (χ1v) is 7.04. The summed E-state index contributed by atoms with van der Waals surface area (Å²) in [4.78, 5) is 23.4. The first-order chi connectivity index (χ1) is 9.74. The molecule has 21 heavy (non-hydrogen) atoms. The lowest BCUT2D eigenvalue weighted by atomic mass is 10.1. The zero-order valence-corrected chi connectivity index (χ0v) is 13.2. The molecule has 1 aromatic rings. The summed E-state index contributed by atoms with van der Waals surface area (Å²) in [6.07, 6.45) is 1.66. The van der Waals surface area contributed by atoms with Crippen molar-refractivity contribution in [2.45, 2.75) is 39.3 Å². The number of carbonyl (C=O) groups is 1. The largest absolute Gasteiger partial charge is 0.394 e. The third-order valence-electron chi connectivity index (χ3n) is 2.48. The number of hydrogen-bond donors (Lipinski definition) is 3. The molecular weight excluding hydrogens is 296 g/mol. The van der Waals surface area contributed by atoms with Crippen LogP contribution in [0.15, 0.2) is 11.0 Å². The summed E-state index contributed by atoms with van der Waals surface area (Å²) in [5, 5.41) is 18.4. The van der Waals surface area contributed by atoms with E-state index in [4.69, 9.17) is 16.7 Å². The number of halogens is 1. The van der Waals surface area contributed by atoms with E-state index in [2.05, 4.69) is 15.7 Å². The number of hydrogen-bond acceptors (Lipinski definition) is 5. The van der Waals surface area contributed by atoms with Crippen molar-refractivity contribution < 1.29 is 9.90 Å². The van der Waals surface area contributed by atoms with Gasteiger partial charge in [-0.15, -0.1) is 0 Å². The van der Waals surface area contributed by atoms with Crippen molar-refractivity contribution in [3.05, 3.63) is 21.6 Å². The smallest absolute Gasteiger partial charge is 0.287 e. The van der Waals surface area contributed by atoms with Crippen LogP contribution in [0.25, 0.3) is 0 Å². The Morgan fingerprint density at radius 3 is 2.71 bits per heavy atom. The van der Waals surface area contributed by atoms with Gasteiger partial charge in [-0.3, -0.25) is 9.59 Å². The molecule has 1 heterocycles. The fourth-order valence-electron chi connectivity index (χ4n) is 1.63. The highest BCUT2D eigenvalue weighted by Crippen LogP contribution is 2.14. The van der Waals surface area contributed by atoms with Crippen molar-refractivity contribution >= 4 is 23.2 Å². The fraction of sp³-hybridized carbons (Fsp3) is 0.615. The minimum Gasteiger partial charge on any atom is -0.394 e. The molecule has 0 aliphatic carbocycles. The monoisotopic (exact) mass is 316 g/mol. The third kappa shape index (κ3) is 5.73. The predicted molar refractivity (Wildman–Crippen MR) is 81.6 cm³/mol. The number of amides is 1. The standard InChI is InChI=1S/C13H21ClN4O3/c1-13(2,3)17-10(20)4-5-15-9-8-16-18(6-7-19)12(21)11(9)14/h8,15,19H,4-7H2,1-3H3,(H,17,20). The van der Waals surface area contributed by atoms with Crippen molar-refractivity contribution in [3.63, 3.8) is 0 Å². The Bertz CT molecular complexity index is 551. The second-order valence-corrected chi connectivity index (χ2v) is 5.98. The number of carbonyl (C=O) groups excluding carboxylic acids is 1. The number of aliphatic hydroxyl groups is 1. The van der Waals surface area contributed by atoms with E-state index in [-0.39, 0.29) is 36.0 Å². The van der Waals surface area contributed by atoms with E-state index in [1.807, 2.05) is 20.8 Å². The third-order valence-corrected chi connectivity index (χ3v) is 2.84. The second kappa shape index (κ2) is 7.42. The predicted octanol–water partition coefficient (Wildman–Crippen LogP) is 0.606. The van der Waals surface area contributed by atoms with Crippen LogP contribution in [-0.4, -0.2) is 39.5 Å². The molecule has 1 aromatic heterocycles. The van der Waals surface area contributed by atoms with Gasteiger partial charge in [0.15, 0.2) is 0 Å². The highest BCUT2D eigenvalue weighted by atomic mass is 35.5. The van der Waals surface area contributed by atoms with Gasteiger partial charge < -0.3 is 15.7 Å². The normalized spacial score (nSPS) is 11.3. The van der Waals surface area contributed by atoms with Crippen LogP contribution >= 0.6 is 11.6 Å². The van der Waals surface area contributed by atoms with Crippen molar-refractivity contribution in [3.8, 4) is 0 Å². The quantitative estimate of drug-likeness (QED) is 0.714. The molecule has 0 fully saturated rings. The summed E-state index contributed by atoms with van der Waals surface area (Å²) < 4.78 is 1.08. The van der Waals surface area contributed by atoms with E-state index in [1.54, 1.807) is 0 Å². The number of rotatable bonds is 6. The summed E-state index contributed by atoms with van der Waals surface area (Å²) in [5.74, 6) is -0.0901. The van der Waals surface area contributed by atoms with Crippen LogP contribution in [0.5, 0.6) is 0 Å². The van der Waals surface area contributed by atoms with Crippen LogP contribution in [-0.2, 0) is 11.3 Å². The lowest BCUT2D eigenvalue weighted by Crippen LogP contribution is -2.41. The Kier molecular flexibility index (Phi) is 6.17. The summed E-state index contributed by atoms with van der Waals surface area (Å²) in [6.45, 7) is 5.95. The molecule has 3 N–H and O–H groups in total. The average molecular weight is 317 g/mol. The Morgan fingerprint density at radius 2 is 2.14 bits per heavy atom. The first kappa shape index (κ1) is 17.5. The van der Waals surface area contributed by atoms with Crippen LogP contribution in [0, 0.1) is 0 Å². The topological polar surface area (TPSA) is 96.2 Å². The molecule has 7 nitrogen and oxygen atoms in total. The number of aliphatic hydroxyl groups excluding tert-OH is 1. The van der Waals surface area contributed by atoms with E-state index in [0.29, 0.717) is 12.2 Å². The molecule has 8 heteroatoms. The maximum absolute atomic E-state index is 11.8. The van der Waals surface area contributed by atoms with E-state index < -0.39 is 5.56 Å². The summed E-state index contributed by atoms with van der Waals surface area (Å²) >= 11 is 5.94. The van der Waals surface area contributed by atoms with Gasteiger partial charge in [-0.2, -0.15) is 5.10 Å². The van der Waals surface area contributed by atoms with Gasteiger partial charge in [0.05, 0.1) is 25.0 Å². The number of nitrogens with zero attached hydrogens (tertiary/aromatic N) is 2. The number of nitrogens with one attached hydrogen (secondary N) is 2. The average Bonchev–Trinajstić information content (AvgIpc) is 2.36. The summed E-state index contributed by atoms with van der Waals surface area (Å²) in [7, 11) is 0. The van der Waals surface area contributed by atoms with E-state index in [1.165, 1.54) is 6.20 Å². The van der Waals surface area contributed by atoms with Crippen LogP contribution in [0.3, 0.4) is 0 Å². The van der Waals surface area contributed by atoms with Crippen molar-refractivity contribution in [2.24, 2.45) is 0 Å². The SMILES string of the molecule is CC(C)(C)NC(=O)CCNc1cnn(CCO)c(=O)c1Cl. The molecule has 0 saturated heterocycles. The lowest BCUT2D eigenvalue weighted by Gasteiger charge is -2.20. The Labute approximate surface area is 128 Å². The second-order valence-electron chi connectivity index (χ2n) is 5.60. The molecule has 0 unspecified atom stereocenters. The van der Waals surface area contributed by atoms with Crippen molar-refractivity contribution in [1.29, 1.82) is 0 Å². The van der Waals surface area contributed by atoms with E-state index >= 15 is 0 Å². The zero-order chi connectivity index (χ0) is 16.0. The van der Waals surface area contributed by atoms with Gasteiger partial charge in [0.1, 0.15) is 5.02 Å². The molecule has 0 bridgehead atoms. The molecule has 118 valence electrons. The minimum absolute atomic E-state index is 0.00493. The van der Waals surface area contributed by atoms with Crippen LogP contribution in [0.4, 0.5) is 5.69 Å². The molecule has 0 saturated carbocycles. The van der Waals surface area contributed by atoms with Gasteiger partial charge >= 0.3 is 0 Å². The molecule has 0 aliphatic heterocycles. The first-order valence-electron chi connectivity index (χ1n) is 6.66. The van der Waals surface area contributed by atoms with Gasteiger partial charge in [0.2, 0.25) is 5.91 Å². The molecule has 0 spiro atoms. The van der Waals surface area contributed by atoms with E-state index in [0.717, 1.165) is 4.68 Å². The number of anilines is 1. The lowest BCUT2D eigenvalue weighted by molar-refractivity contribution is -0.122. The molecule has 1 rings (SSSR count). The van der Waals surface area contributed by atoms with Gasteiger partial charge in [0, 0.05) is 18.5 Å². The maximum atomic E-state index is 11.8. The molecular formula is C13H21ClN4O3. The Balaban J connectivity index is 2.59. The summed E-state index contributed by atoms with van der Waals surface area (Å²) in [5.41, 5.74) is -0.379. The van der Waals surface area contributed by atoms with Gasteiger partial charge in [-0.1, -0.05) is 11.6 Å². The summed E-state index contributed by atoms with van der Waals surface area (Å²) in [6, 6.07) is 0. The maximum Gasteiger partial charge on any atom is 0.287 e. The van der Waals surface area contributed by atoms with Crippen molar-refractivity contribution in [1.82, 2.24) is 15.1 Å². The molecule has 0 aliphatic rings. The van der Waals surface area contributed by atoms with Crippen molar-refractivity contribution in [2.75, 3.05) is 18.5 Å². The molecule has 0 atom stereocenters. The minimum atomic E-state index is -0.477. The van der Waals surface area contributed by atoms with Crippen LogP contribution in [0.1, 0.15) is 27.2 Å².